The molecule has 0 amide bonds. The standard InChI is InChI=1S/C9H11N3OS/c1-2-14-5-8-11-9(13-12-8)7-3-6(7)4-10/h6-7H,2-3,5H2,1H3. The van der Waals surface area contributed by atoms with Crippen LogP contribution in [0.15, 0.2) is 4.52 Å². The smallest absolute Gasteiger partial charge is 0.231 e. The van der Waals surface area contributed by atoms with Crippen molar-refractivity contribution in [3.63, 3.8) is 0 Å². The third-order valence-corrected chi connectivity index (χ3v) is 3.06. The molecule has 1 heterocycles. The average molecular weight is 209 g/mol. The van der Waals surface area contributed by atoms with Gasteiger partial charge in [-0.05, 0) is 12.2 Å². The van der Waals surface area contributed by atoms with Crippen molar-refractivity contribution in [2.75, 3.05) is 5.75 Å². The molecular formula is C9H11N3OS. The zero-order valence-corrected chi connectivity index (χ0v) is 8.75. The van der Waals surface area contributed by atoms with Crippen molar-refractivity contribution in [1.82, 2.24) is 10.1 Å². The van der Waals surface area contributed by atoms with Crippen LogP contribution in [-0.4, -0.2) is 15.9 Å². The second kappa shape index (κ2) is 4.01. The highest BCUT2D eigenvalue weighted by atomic mass is 32.2. The van der Waals surface area contributed by atoms with Crippen molar-refractivity contribution < 1.29 is 4.52 Å². The van der Waals surface area contributed by atoms with E-state index in [4.69, 9.17) is 9.78 Å². The second-order valence-electron chi connectivity index (χ2n) is 3.26. The summed E-state index contributed by atoms with van der Waals surface area (Å²) in [6.45, 7) is 2.10. The number of thioether (sulfide) groups is 1. The largest absolute Gasteiger partial charge is 0.339 e. The summed E-state index contributed by atoms with van der Waals surface area (Å²) in [4.78, 5) is 4.26. The lowest BCUT2D eigenvalue weighted by molar-refractivity contribution is 0.373. The highest BCUT2D eigenvalue weighted by molar-refractivity contribution is 7.98. The van der Waals surface area contributed by atoms with E-state index in [0.717, 1.165) is 23.8 Å². The van der Waals surface area contributed by atoms with Crippen LogP contribution < -0.4 is 0 Å². The van der Waals surface area contributed by atoms with Gasteiger partial charge in [0.2, 0.25) is 5.89 Å². The Balaban J connectivity index is 1.94. The lowest BCUT2D eigenvalue weighted by atomic mass is 10.3. The molecule has 0 spiro atoms. The van der Waals surface area contributed by atoms with E-state index in [1.54, 1.807) is 11.8 Å². The first-order chi connectivity index (χ1) is 6.85. The van der Waals surface area contributed by atoms with Crippen molar-refractivity contribution in [3.8, 4) is 6.07 Å². The first-order valence-corrected chi connectivity index (χ1v) is 5.80. The molecule has 0 saturated heterocycles. The molecule has 5 heteroatoms. The summed E-state index contributed by atoms with van der Waals surface area (Å²) >= 11 is 1.76. The maximum absolute atomic E-state index is 8.64. The van der Waals surface area contributed by atoms with E-state index in [9.17, 15) is 0 Å². The Bertz CT molecular complexity index is 357. The van der Waals surface area contributed by atoms with E-state index in [1.807, 2.05) is 0 Å². The van der Waals surface area contributed by atoms with E-state index in [0.29, 0.717) is 5.89 Å². The van der Waals surface area contributed by atoms with Crippen LogP contribution in [0.3, 0.4) is 0 Å². The van der Waals surface area contributed by atoms with Crippen molar-refractivity contribution in [1.29, 1.82) is 5.26 Å². The Hall–Kier alpha value is -1.02. The van der Waals surface area contributed by atoms with Crippen LogP contribution in [0, 0.1) is 17.2 Å². The molecule has 1 saturated carbocycles. The molecule has 1 aliphatic rings. The molecule has 0 radical (unpaired) electrons. The van der Waals surface area contributed by atoms with Crippen molar-refractivity contribution in [3.05, 3.63) is 11.7 Å². The third kappa shape index (κ3) is 1.90. The van der Waals surface area contributed by atoms with Gasteiger partial charge in [0.15, 0.2) is 5.82 Å². The molecule has 0 aliphatic heterocycles. The molecule has 0 N–H and O–H groups in total. The summed E-state index contributed by atoms with van der Waals surface area (Å²) in [6.07, 6.45) is 0.874. The molecule has 1 aromatic rings. The first-order valence-electron chi connectivity index (χ1n) is 4.65. The SMILES string of the molecule is CCSCc1noc(C2CC2C#N)n1. The van der Waals surface area contributed by atoms with Crippen LogP contribution in [0.4, 0.5) is 0 Å². The fourth-order valence-corrected chi connectivity index (χ4v) is 1.78. The van der Waals surface area contributed by atoms with Gasteiger partial charge in [-0.1, -0.05) is 12.1 Å². The van der Waals surface area contributed by atoms with Gasteiger partial charge in [0.25, 0.3) is 0 Å². The molecular weight excluding hydrogens is 198 g/mol. The lowest BCUT2D eigenvalue weighted by Gasteiger charge is -1.88. The number of rotatable bonds is 4. The van der Waals surface area contributed by atoms with Crippen LogP contribution in [0.1, 0.15) is 31.0 Å². The number of hydrogen-bond donors (Lipinski definition) is 0. The maximum Gasteiger partial charge on any atom is 0.231 e. The summed E-state index contributed by atoms with van der Waals surface area (Å²) < 4.78 is 5.09. The van der Waals surface area contributed by atoms with Crippen LogP contribution in [0.2, 0.25) is 0 Å². The van der Waals surface area contributed by atoms with Crippen molar-refractivity contribution in [2.45, 2.75) is 25.0 Å². The Morgan fingerprint density at radius 2 is 2.57 bits per heavy atom. The normalized spacial score (nSPS) is 24.6. The van der Waals surface area contributed by atoms with Crippen LogP contribution in [0.5, 0.6) is 0 Å². The highest BCUT2D eigenvalue weighted by Gasteiger charge is 2.43. The van der Waals surface area contributed by atoms with Crippen molar-refractivity contribution in [2.24, 2.45) is 5.92 Å². The predicted molar refractivity (Wildman–Crippen MR) is 52.6 cm³/mol. The molecule has 4 nitrogen and oxygen atoms in total. The molecule has 0 aromatic carbocycles. The highest BCUT2D eigenvalue weighted by Crippen LogP contribution is 2.46. The first kappa shape index (κ1) is 9.53. The van der Waals surface area contributed by atoms with Crippen LogP contribution >= 0.6 is 11.8 Å². The molecule has 1 aromatic heterocycles. The minimum Gasteiger partial charge on any atom is -0.339 e. The lowest BCUT2D eigenvalue weighted by Crippen LogP contribution is -1.86. The minimum atomic E-state index is 0.0992. The molecule has 1 aliphatic carbocycles. The molecule has 2 atom stereocenters. The summed E-state index contributed by atoms with van der Waals surface area (Å²) in [5.74, 6) is 3.53. The summed E-state index contributed by atoms with van der Waals surface area (Å²) in [7, 11) is 0. The fraction of sp³-hybridized carbons (Fsp3) is 0.667. The minimum absolute atomic E-state index is 0.0992. The van der Waals surface area contributed by atoms with Gasteiger partial charge in [0.1, 0.15) is 0 Å². The summed E-state index contributed by atoms with van der Waals surface area (Å²) in [5, 5.41) is 12.5. The van der Waals surface area contributed by atoms with Crippen LogP contribution in [-0.2, 0) is 5.75 Å². The van der Waals surface area contributed by atoms with Gasteiger partial charge in [-0.3, -0.25) is 0 Å². The van der Waals surface area contributed by atoms with E-state index in [2.05, 4.69) is 23.1 Å². The van der Waals surface area contributed by atoms with Crippen LogP contribution in [0.25, 0.3) is 0 Å². The topological polar surface area (TPSA) is 62.7 Å². The van der Waals surface area contributed by atoms with Crippen molar-refractivity contribution >= 4 is 11.8 Å². The van der Waals surface area contributed by atoms with Gasteiger partial charge in [-0.25, -0.2) is 0 Å². The van der Waals surface area contributed by atoms with E-state index in [-0.39, 0.29) is 11.8 Å². The van der Waals surface area contributed by atoms with Gasteiger partial charge in [-0.2, -0.15) is 22.0 Å². The Labute approximate surface area is 86.7 Å². The molecule has 14 heavy (non-hydrogen) atoms. The summed E-state index contributed by atoms with van der Waals surface area (Å²) in [6, 6.07) is 2.21. The van der Waals surface area contributed by atoms with Gasteiger partial charge >= 0.3 is 0 Å². The monoisotopic (exact) mass is 209 g/mol. The number of aromatic nitrogens is 2. The van der Waals surface area contributed by atoms with E-state index >= 15 is 0 Å². The molecule has 2 unspecified atom stereocenters. The number of nitrogens with zero attached hydrogens (tertiary/aromatic N) is 3. The quantitative estimate of drug-likeness (QED) is 0.758. The average Bonchev–Trinajstić information content (AvgIpc) is 2.86. The zero-order chi connectivity index (χ0) is 9.97. The Morgan fingerprint density at radius 3 is 3.21 bits per heavy atom. The summed E-state index contributed by atoms with van der Waals surface area (Å²) in [5.41, 5.74) is 0. The molecule has 74 valence electrons. The number of hydrogen-bond acceptors (Lipinski definition) is 5. The van der Waals surface area contributed by atoms with Gasteiger partial charge in [0, 0.05) is 0 Å². The molecule has 1 fully saturated rings. The number of nitriles is 1. The molecule has 0 bridgehead atoms. The predicted octanol–water partition coefficient (Wildman–Crippen LogP) is 1.95. The Morgan fingerprint density at radius 1 is 1.71 bits per heavy atom. The zero-order valence-electron chi connectivity index (χ0n) is 7.93. The third-order valence-electron chi connectivity index (χ3n) is 2.19. The fourth-order valence-electron chi connectivity index (χ4n) is 1.28. The van der Waals surface area contributed by atoms with Gasteiger partial charge in [-0.15, -0.1) is 0 Å². The van der Waals surface area contributed by atoms with E-state index < -0.39 is 0 Å². The second-order valence-corrected chi connectivity index (χ2v) is 4.54. The molecule has 2 rings (SSSR count). The van der Waals surface area contributed by atoms with Gasteiger partial charge < -0.3 is 4.52 Å². The van der Waals surface area contributed by atoms with Gasteiger partial charge in [0.05, 0.1) is 23.7 Å². The van der Waals surface area contributed by atoms with E-state index in [1.165, 1.54) is 0 Å². The maximum atomic E-state index is 8.64. The Kier molecular flexibility index (Phi) is 2.73.